The summed E-state index contributed by atoms with van der Waals surface area (Å²) in [5, 5.41) is 3.15. The van der Waals surface area contributed by atoms with Crippen molar-refractivity contribution in [1.82, 2.24) is 14.3 Å². The Bertz CT molecular complexity index is 1220. The number of carbonyl (C=O) groups excluding carboxylic acids is 1. The molecule has 0 fully saturated rings. The highest BCUT2D eigenvalue weighted by Crippen LogP contribution is 2.15. The number of amides is 1. The lowest BCUT2D eigenvalue weighted by Crippen LogP contribution is -2.27. The van der Waals surface area contributed by atoms with Gasteiger partial charge in [0.05, 0.1) is 11.1 Å². The van der Waals surface area contributed by atoms with Crippen LogP contribution in [0.4, 0.5) is 10.1 Å². The van der Waals surface area contributed by atoms with Crippen molar-refractivity contribution in [1.29, 1.82) is 0 Å². The van der Waals surface area contributed by atoms with Gasteiger partial charge in [-0.1, -0.05) is 19.1 Å². The first kappa shape index (κ1) is 18.6. The summed E-state index contributed by atoms with van der Waals surface area (Å²) in [5.74, 6) is -0.731. The second-order valence-corrected chi connectivity index (χ2v) is 6.62. The lowest BCUT2D eigenvalue weighted by Gasteiger charge is -2.13. The molecule has 0 aliphatic rings. The molecular weight excluding hydrogens is 371 g/mol. The average Bonchev–Trinajstić information content (AvgIpc) is 3.02. The minimum Gasteiger partial charge on any atom is -0.324 e. The van der Waals surface area contributed by atoms with Crippen LogP contribution in [0.5, 0.6) is 0 Å². The van der Waals surface area contributed by atoms with Gasteiger partial charge in [-0.15, -0.1) is 0 Å². The number of nitrogens with one attached hydrogen (secondary N) is 1. The molecule has 2 aromatic carbocycles. The third-order valence-corrected chi connectivity index (χ3v) is 4.71. The Kier molecular flexibility index (Phi) is 4.95. The molecule has 4 aromatic rings. The SMILES string of the molecule is CCc1ccc(-n2c(=O)c3cccnc3n2CC(=O)Nc2ccc(F)cc2)cc1. The average molecular weight is 390 g/mol. The van der Waals surface area contributed by atoms with E-state index in [1.165, 1.54) is 28.9 Å². The van der Waals surface area contributed by atoms with Gasteiger partial charge in [-0.25, -0.2) is 14.1 Å². The summed E-state index contributed by atoms with van der Waals surface area (Å²) in [4.78, 5) is 30.0. The molecule has 0 bridgehead atoms. The first-order chi connectivity index (χ1) is 14.1. The van der Waals surface area contributed by atoms with E-state index in [0.29, 0.717) is 22.4 Å². The van der Waals surface area contributed by atoms with Crippen LogP contribution in [-0.2, 0) is 17.8 Å². The van der Waals surface area contributed by atoms with Crippen molar-refractivity contribution in [2.75, 3.05) is 5.32 Å². The van der Waals surface area contributed by atoms with Crippen molar-refractivity contribution in [3.8, 4) is 5.69 Å². The molecule has 2 aromatic heterocycles. The monoisotopic (exact) mass is 390 g/mol. The van der Waals surface area contributed by atoms with Gasteiger partial charge in [-0.3, -0.25) is 14.3 Å². The standard InChI is InChI=1S/C22H19FN4O2/c1-2-15-5-11-18(12-6-15)27-22(29)19-4-3-13-24-21(19)26(27)14-20(28)25-17-9-7-16(23)8-10-17/h3-13H,2,14H2,1H3,(H,25,28). The maximum atomic E-state index is 13.1. The fraction of sp³-hybridized carbons (Fsp3) is 0.136. The van der Waals surface area contributed by atoms with Gasteiger partial charge in [-0.05, 0) is 60.5 Å². The number of anilines is 1. The van der Waals surface area contributed by atoms with Gasteiger partial charge >= 0.3 is 0 Å². The summed E-state index contributed by atoms with van der Waals surface area (Å²) in [6.07, 6.45) is 2.47. The number of halogens is 1. The van der Waals surface area contributed by atoms with Crippen molar-refractivity contribution in [3.05, 3.63) is 88.6 Å². The quantitative estimate of drug-likeness (QED) is 0.567. The topological polar surface area (TPSA) is 68.9 Å². The van der Waals surface area contributed by atoms with Crippen molar-refractivity contribution in [2.24, 2.45) is 0 Å². The van der Waals surface area contributed by atoms with Gasteiger partial charge in [0.1, 0.15) is 12.4 Å². The Labute approximate surface area is 166 Å². The van der Waals surface area contributed by atoms with Crippen LogP contribution in [0.15, 0.2) is 71.7 Å². The Morgan fingerprint density at radius 1 is 1.07 bits per heavy atom. The van der Waals surface area contributed by atoms with Crippen LogP contribution in [-0.4, -0.2) is 20.3 Å². The zero-order valence-electron chi connectivity index (χ0n) is 15.8. The highest BCUT2D eigenvalue weighted by molar-refractivity contribution is 5.91. The largest absolute Gasteiger partial charge is 0.324 e. The molecule has 0 aliphatic heterocycles. The van der Waals surface area contributed by atoms with E-state index in [4.69, 9.17) is 0 Å². The molecule has 29 heavy (non-hydrogen) atoms. The second-order valence-electron chi connectivity index (χ2n) is 6.62. The van der Waals surface area contributed by atoms with Crippen molar-refractivity contribution < 1.29 is 9.18 Å². The number of hydrogen-bond donors (Lipinski definition) is 1. The van der Waals surface area contributed by atoms with E-state index in [1.807, 2.05) is 24.3 Å². The molecule has 146 valence electrons. The predicted molar refractivity (Wildman–Crippen MR) is 110 cm³/mol. The van der Waals surface area contributed by atoms with E-state index in [0.717, 1.165) is 12.0 Å². The molecule has 2 heterocycles. The van der Waals surface area contributed by atoms with Crippen LogP contribution >= 0.6 is 0 Å². The molecule has 1 N–H and O–H groups in total. The molecule has 0 radical (unpaired) electrons. The number of fused-ring (bicyclic) bond motifs is 1. The van der Waals surface area contributed by atoms with Gasteiger partial charge in [-0.2, -0.15) is 0 Å². The van der Waals surface area contributed by atoms with Gasteiger partial charge in [0, 0.05) is 11.9 Å². The van der Waals surface area contributed by atoms with E-state index in [1.54, 1.807) is 23.0 Å². The molecule has 6 nitrogen and oxygen atoms in total. The zero-order chi connectivity index (χ0) is 20.4. The van der Waals surface area contributed by atoms with Crippen LogP contribution in [0, 0.1) is 5.82 Å². The van der Waals surface area contributed by atoms with Crippen LogP contribution in [0.1, 0.15) is 12.5 Å². The molecule has 0 atom stereocenters. The minimum absolute atomic E-state index is 0.122. The van der Waals surface area contributed by atoms with Gasteiger partial charge in [0.2, 0.25) is 5.91 Å². The van der Waals surface area contributed by atoms with E-state index >= 15 is 0 Å². The van der Waals surface area contributed by atoms with Gasteiger partial charge < -0.3 is 5.32 Å². The molecule has 7 heteroatoms. The number of hydrogen-bond acceptors (Lipinski definition) is 3. The fourth-order valence-corrected chi connectivity index (χ4v) is 3.23. The normalized spacial score (nSPS) is 11.0. The third-order valence-electron chi connectivity index (χ3n) is 4.71. The predicted octanol–water partition coefficient (Wildman–Crippen LogP) is 3.53. The first-order valence-electron chi connectivity index (χ1n) is 9.28. The molecule has 0 unspecified atom stereocenters. The highest BCUT2D eigenvalue weighted by Gasteiger charge is 2.18. The van der Waals surface area contributed by atoms with E-state index in [2.05, 4.69) is 17.2 Å². The molecule has 1 amide bonds. The summed E-state index contributed by atoms with van der Waals surface area (Å²) in [6.45, 7) is 1.94. The van der Waals surface area contributed by atoms with E-state index in [-0.39, 0.29) is 23.8 Å². The van der Waals surface area contributed by atoms with Crippen LogP contribution in [0.25, 0.3) is 16.7 Å². The number of benzene rings is 2. The molecule has 4 rings (SSSR count). The molecule has 0 spiro atoms. The maximum Gasteiger partial charge on any atom is 0.280 e. The summed E-state index contributed by atoms with van der Waals surface area (Å²) < 4.78 is 16.1. The number of carbonyl (C=O) groups is 1. The van der Waals surface area contributed by atoms with Gasteiger partial charge in [0.25, 0.3) is 5.56 Å². The Balaban J connectivity index is 1.74. The van der Waals surface area contributed by atoms with Crippen molar-refractivity contribution >= 4 is 22.6 Å². The summed E-state index contributed by atoms with van der Waals surface area (Å²) in [5.41, 5.74) is 2.46. The van der Waals surface area contributed by atoms with Gasteiger partial charge in [0.15, 0.2) is 5.65 Å². The summed E-state index contributed by atoms with van der Waals surface area (Å²) in [6, 6.07) is 16.5. The summed E-state index contributed by atoms with van der Waals surface area (Å²) >= 11 is 0. The smallest absolute Gasteiger partial charge is 0.280 e. The number of rotatable bonds is 5. The molecular formula is C22H19FN4O2. The molecule has 0 aliphatic carbocycles. The molecule has 0 saturated heterocycles. The molecule has 0 saturated carbocycles. The first-order valence-corrected chi connectivity index (χ1v) is 9.28. The number of aromatic nitrogens is 3. The highest BCUT2D eigenvalue weighted by atomic mass is 19.1. The Hall–Kier alpha value is -3.74. The van der Waals surface area contributed by atoms with E-state index < -0.39 is 0 Å². The lowest BCUT2D eigenvalue weighted by molar-refractivity contribution is -0.116. The van der Waals surface area contributed by atoms with E-state index in [9.17, 15) is 14.0 Å². The zero-order valence-corrected chi connectivity index (χ0v) is 15.8. The maximum absolute atomic E-state index is 13.1. The Morgan fingerprint density at radius 3 is 2.48 bits per heavy atom. The third kappa shape index (κ3) is 3.67. The Morgan fingerprint density at radius 2 is 1.79 bits per heavy atom. The fourth-order valence-electron chi connectivity index (χ4n) is 3.23. The van der Waals surface area contributed by atoms with Crippen molar-refractivity contribution in [3.63, 3.8) is 0 Å². The summed E-state index contributed by atoms with van der Waals surface area (Å²) in [7, 11) is 0. The van der Waals surface area contributed by atoms with Crippen molar-refractivity contribution in [2.45, 2.75) is 19.9 Å². The van der Waals surface area contributed by atoms with Crippen LogP contribution in [0.3, 0.4) is 0 Å². The number of pyridine rings is 1. The van der Waals surface area contributed by atoms with Crippen LogP contribution in [0.2, 0.25) is 0 Å². The minimum atomic E-state index is -0.382. The van der Waals surface area contributed by atoms with Crippen LogP contribution < -0.4 is 10.9 Å². The number of nitrogens with zero attached hydrogens (tertiary/aromatic N) is 3. The second kappa shape index (κ2) is 7.71. The number of aryl methyl sites for hydroxylation is 1. The lowest BCUT2D eigenvalue weighted by atomic mass is 10.1.